The number of thioether (sulfide) groups is 1. The van der Waals surface area contributed by atoms with E-state index < -0.39 is 23.1 Å². The number of nitrogens with two attached hydrogens (primary N) is 2. The fraction of sp³-hybridized carbons (Fsp3) is 0.0769. The van der Waals surface area contributed by atoms with Gasteiger partial charge in [0.05, 0.1) is 39.3 Å². The predicted octanol–water partition coefficient (Wildman–Crippen LogP) is 2.18. The van der Waals surface area contributed by atoms with Crippen molar-refractivity contribution < 1.29 is 8.78 Å². The number of hydrogen-bond donors (Lipinski definition) is 2. The van der Waals surface area contributed by atoms with Crippen molar-refractivity contribution in [2.45, 2.75) is 5.92 Å². The summed E-state index contributed by atoms with van der Waals surface area (Å²) in [6, 6.07) is 6.90. The molecule has 0 bridgehead atoms. The van der Waals surface area contributed by atoms with Gasteiger partial charge in [0.1, 0.15) is 11.6 Å². The molecule has 4 N–H and O–H groups in total. The molecule has 0 saturated heterocycles. The Morgan fingerprint density at radius 1 is 1.00 bits per heavy atom. The highest BCUT2D eigenvalue weighted by Gasteiger charge is 2.34. The van der Waals surface area contributed by atoms with Crippen molar-refractivity contribution in [1.82, 2.24) is 0 Å². The lowest BCUT2D eigenvalue weighted by molar-refractivity contribution is 0.551. The molecule has 0 saturated carbocycles. The van der Waals surface area contributed by atoms with Gasteiger partial charge in [0, 0.05) is 5.56 Å². The van der Waals surface area contributed by atoms with Crippen molar-refractivity contribution in [2.75, 3.05) is 0 Å². The maximum absolute atomic E-state index is 13.9. The summed E-state index contributed by atoms with van der Waals surface area (Å²) in [6.07, 6.45) is 0. The molecule has 1 aromatic carbocycles. The molecule has 1 aliphatic rings. The second-order valence-electron chi connectivity index (χ2n) is 3.95. The molecule has 1 aromatic rings. The number of allylic oxidation sites excluding steroid dienone is 2. The summed E-state index contributed by atoms with van der Waals surface area (Å²) < 4.78 is 27.8. The van der Waals surface area contributed by atoms with Gasteiger partial charge < -0.3 is 11.5 Å². The zero-order chi connectivity index (χ0) is 14.9. The maximum Gasteiger partial charge on any atom is 0.130 e. The molecule has 2 rings (SSSR count). The standard InChI is InChI=1S/C13H8F2N4S/c14-8-2-1-3-9(15)11(8)10-6(4-16)12(18)20-13(19)7(10)5-17/h1-3,10H,18-19H2. The Kier molecular flexibility index (Phi) is 3.64. The summed E-state index contributed by atoms with van der Waals surface area (Å²) in [6.45, 7) is 0. The summed E-state index contributed by atoms with van der Waals surface area (Å²) in [5, 5.41) is 18.4. The van der Waals surface area contributed by atoms with Crippen LogP contribution in [0.1, 0.15) is 11.5 Å². The van der Waals surface area contributed by atoms with E-state index in [0.29, 0.717) is 0 Å². The summed E-state index contributed by atoms with van der Waals surface area (Å²) in [5.41, 5.74) is 10.8. The Labute approximate surface area is 118 Å². The van der Waals surface area contributed by atoms with Crippen molar-refractivity contribution in [1.29, 1.82) is 10.5 Å². The minimum Gasteiger partial charge on any atom is -0.392 e. The van der Waals surface area contributed by atoms with Gasteiger partial charge in [0.15, 0.2) is 0 Å². The van der Waals surface area contributed by atoms with Crippen molar-refractivity contribution in [3.8, 4) is 12.1 Å². The molecule has 0 fully saturated rings. The van der Waals surface area contributed by atoms with Gasteiger partial charge in [-0.05, 0) is 12.1 Å². The Bertz CT molecular complexity index is 669. The Morgan fingerprint density at radius 3 is 1.85 bits per heavy atom. The van der Waals surface area contributed by atoms with Gasteiger partial charge in [0.2, 0.25) is 0 Å². The second kappa shape index (κ2) is 5.24. The van der Waals surface area contributed by atoms with E-state index in [9.17, 15) is 8.78 Å². The van der Waals surface area contributed by atoms with E-state index in [1.165, 1.54) is 6.07 Å². The number of rotatable bonds is 1. The van der Waals surface area contributed by atoms with E-state index in [4.69, 9.17) is 22.0 Å². The first-order chi connectivity index (χ1) is 9.51. The predicted molar refractivity (Wildman–Crippen MR) is 70.3 cm³/mol. The van der Waals surface area contributed by atoms with Crippen LogP contribution in [0.15, 0.2) is 39.4 Å². The van der Waals surface area contributed by atoms with Gasteiger partial charge >= 0.3 is 0 Å². The number of benzene rings is 1. The highest BCUT2D eigenvalue weighted by Crippen LogP contribution is 2.44. The van der Waals surface area contributed by atoms with Gasteiger partial charge in [-0.3, -0.25) is 0 Å². The van der Waals surface area contributed by atoms with E-state index >= 15 is 0 Å². The van der Waals surface area contributed by atoms with E-state index in [2.05, 4.69) is 0 Å². The fourth-order valence-corrected chi connectivity index (χ4v) is 2.76. The molecule has 0 atom stereocenters. The second-order valence-corrected chi connectivity index (χ2v) is 5.03. The minimum atomic E-state index is -1.22. The summed E-state index contributed by atoms with van der Waals surface area (Å²) in [4.78, 5) is 0. The third-order valence-corrected chi connectivity index (χ3v) is 3.74. The monoisotopic (exact) mass is 290 g/mol. The van der Waals surface area contributed by atoms with Crippen LogP contribution in [0.2, 0.25) is 0 Å². The average Bonchev–Trinajstić information content (AvgIpc) is 2.38. The first-order valence-corrected chi connectivity index (χ1v) is 6.24. The zero-order valence-corrected chi connectivity index (χ0v) is 10.8. The summed E-state index contributed by atoms with van der Waals surface area (Å²) in [7, 11) is 0. The van der Waals surface area contributed by atoms with Crippen LogP contribution in [0.25, 0.3) is 0 Å². The smallest absolute Gasteiger partial charge is 0.130 e. The molecule has 0 aliphatic carbocycles. The summed E-state index contributed by atoms with van der Waals surface area (Å²) in [5.74, 6) is -2.93. The summed E-state index contributed by atoms with van der Waals surface area (Å²) >= 11 is 0.842. The van der Waals surface area contributed by atoms with Gasteiger partial charge in [-0.1, -0.05) is 17.8 Å². The molecule has 20 heavy (non-hydrogen) atoms. The lowest BCUT2D eigenvalue weighted by Gasteiger charge is -2.24. The first kappa shape index (κ1) is 13.9. The highest BCUT2D eigenvalue weighted by molar-refractivity contribution is 8.06. The molecule has 0 aromatic heterocycles. The van der Waals surface area contributed by atoms with Crippen LogP contribution in [0, 0.1) is 34.3 Å². The molecule has 0 radical (unpaired) electrons. The molecule has 0 amide bonds. The topological polar surface area (TPSA) is 99.6 Å². The molecule has 0 unspecified atom stereocenters. The van der Waals surface area contributed by atoms with Crippen molar-refractivity contribution in [3.05, 3.63) is 56.6 Å². The number of halogens is 2. The average molecular weight is 290 g/mol. The van der Waals surface area contributed by atoms with Crippen LogP contribution in [-0.2, 0) is 0 Å². The molecule has 7 heteroatoms. The fourth-order valence-electron chi connectivity index (χ4n) is 1.97. The Hall–Kier alpha value is -2.51. The van der Waals surface area contributed by atoms with Crippen LogP contribution < -0.4 is 11.5 Å². The largest absolute Gasteiger partial charge is 0.392 e. The molecule has 100 valence electrons. The van der Waals surface area contributed by atoms with Crippen LogP contribution in [0.5, 0.6) is 0 Å². The van der Waals surface area contributed by atoms with Crippen LogP contribution in [0.4, 0.5) is 8.78 Å². The molecule has 1 heterocycles. The quantitative estimate of drug-likeness (QED) is 0.825. The third kappa shape index (κ3) is 2.09. The van der Waals surface area contributed by atoms with Crippen molar-refractivity contribution in [3.63, 3.8) is 0 Å². The van der Waals surface area contributed by atoms with Gasteiger partial charge in [-0.25, -0.2) is 8.78 Å². The highest BCUT2D eigenvalue weighted by atomic mass is 32.2. The van der Waals surface area contributed by atoms with Gasteiger partial charge in [-0.2, -0.15) is 10.5 Å². The number of nitriles is 2. The molecule has 4 nitrogen and oxygen atoms in total. The maximum atomic E-state index is 13.9. The van der Waals surface area contributed by atoms with Gasteiger partial charge in [0.25, 0.3) is 0 Å². The molecule has 0 spiro atoms. The van der Waals surface area contributed by atoms with Crippen molar-refractivity contribution >= 4 is 11.8 Å². The number of hydrogen-bond acceptors (Lipinski definition) is 5. The number of nitrogens with zero attached hydrogens (tertiary/aromatic N) is 2. The van der Waals surface area contributed by atoms with E-state index in [1.807, 2.05) is 0 Å². The molecular weight excluding hydrogens is 282 g/mol. The normalized spacial score (nSPS) is 16.0. The SMILES string of the molecule is N#CC1=C(N)SC(N)=C(C#N)C1c1c(F)cccc1F. The zero-order valence-electron chi connectivity index (χ0n) is 10.0. The Balaban J connectivity index is 2.77. The molecule has 1 aliphatic heterocycles. The van der Waals surface area contributed by atoms with Crippen LogP contribution >= 0.6 is 11.8 Å². The molecular formula is C13H8F2N4S. The lowest BCUT2D eigenvalue weighted by atomic mass is 9.85. The van der Waals surface area contributed by atoms with Crippen molar-refractivity contribution in [2.24, 2.45) is 11.5 Å². The van der Waals surface area contributed by atoms with E-state index in [0.717, 1.165) is 23.9 Å². The lowest BCUT2D eigenvalue weighted by Crippen LogP contribution is -2.20. The van der Waals surface area contributed by atoms with Gasteiger partial charge in [-0.15, -0.1) is 0 Å². The van der Waals surface area contributed by atoms with Crippen LogP contribution in [0.3, 0.4) is 0 Å². The Morgan fingerprint density at radius 2 is 1.45 bits per heavy atom. The first-order valence-electron chi connectivity index (χ1n) is 5.42. The van der Waals surface area contributed by atoms with E-state index in [1.54, 1.807) is 12.1 Å². The van der Waals surface area contributed by atoms with Crippen LogP contribution in [-0.4, -0.2) is 0 Å². The third-order valence-electron chi connectivity index (χ3n) is 2.86. The minimum absolute atomic E-state index is 0.0386. The van der Waals surface area contributed by atoms with E-state index in [-0.39, 0.29) is 21.2 Å².